The maximum absolute atomic E-state index is 12.5. The van der Waals surface area contributed by atoms with Gasteiger partial charge in [-0.15, -0.1) is 11.8 Å². The number of amides is 1. The van der Waals surface area contributed by atoms with Crippen molar-refractivity contribution < 1.29 is 14.3 Å². The predicted octanol–water partition coefficient (Wildman–Crippen LogP) is 3.20. The van der Waals surface area contributed by atoms with Crippen LogP contribution in [0.15, 0.2) is 65.6 Å². The van der Waals surface area contributed by atoms with Crippen LogP contribution in [-0.2, 0) is 14.3 Å². The molecule has 2 aromatic carbocycles. The molecule has 1 atom stereocenters. The van der Waals surface area contributed by atoms with Crippen molar-refractivity contribution in [3.8, 4) is 0 Å². The van der Waals surface area contributed by atoms with E-state index in [0.29, 0.717) is 0 Å². The minimum Gasteiger partial charge on any atom is -0.469 e. The van der Waals surface area contributed by atoms with Crippen LogP contribution in [0.25, 0.3) is 0 Å². The number of rotatable bonds is 7. The van der Waals surface area contributed by atoms with Crippen molar-refractivity contribution in [2.24, 2.45) is 0 Å². The molecule has 0 aromatic heterocycles. The molecule has 1 unspecified atom stereocenters. The molecule has 0 bridgehead atoms. The largest absolute Gasteiger partial charge is 0.469 e. The first-order valence-electron chi connectivity index (χ1n) is 7.32. The van der Waals surface area contributed by atoms with Gasteiger partial charge < -0.3 is 10.1 Å². The molecule has 2 rings (SSSR count). The van der Waals surface area contributed by atoms with E-state index in [1.807, 2.05) is 60.7 Å². The lowest BCUT2D eigenvalue weighted by atomic mass is 10.1. The third kappa shape index (κ3) is 5.45. The second-order valence-electron chi connectivity index (χ2n) is 4.84. The Morgan fingerprint density at radius 3 is 2.26 bits per heavy atom. The van der Waals surface area contributed by atoms with Crippen LogP contribution >= 0.6 is 11.8 Å². The highest BCUT2D eigenvalue weighted by Crippen LogP contribution is 2.35. The molecular formula is C18H19NO3S. The summed E-state index contributed by atoms with van der Waals surface area (Å²) in [6.07, 6.45) is 0.166. The van der Waals surface area contributed by atoms with Gasteiger partial charge in [0.15, 0.2) is 0 Å². The molecule has 2 aromatic rings. The smallest absolute Gasteiger partial charge is 0.307 e. The summed E-state index contributed by atoms with van der Waals surface area (Å²) < 4.78 is 4.58. The SMILES string of the molecule is COC(=O)CCNC(=O)C(Sc1ccccc1)c1ccccc1. The molecule has 23 heavy (non-hydrogen) atoms. The van der Waals surface area contributed by atoms with Crippen LogP contribution in [-0.4, -0.2) is 25.5 Å². The third-order valence-electron chi connectivity index (χ3n) is 3.19. The number of ether oxygens (including phenoxy) is 1. The number of benzene rings is 2. The first kappa shape index (κ1) is 17.1. The van der Waals surface area contributed by atoms with E-state index in [-0.39, 0.29) is 30.1 Å². The Morgan fingerprint density at radius 1 is 1.04 bits per heavy atom. The Hall–Kier alpha value is -2.27. The van der Waals surface area contributed by atoms with E-state index < -0.39 is 0 Å². The van der Waals surface area contributed by atoms with Crippen LogP contribution < -0.4 is 5.32 Å². The molecule has 1 N–H and O–H groups in total. The number of thioether (sulfide) groups is 1. The molecule has 0 aliphatic rings. The summed E-state index contributed by atoms with van der Waals surface area (Å²) in [6, 6.07) is 19.4. The molecule has 0 aliphatic heterocycles. The van der Waals surface area contributed by atoms with Gasteiger partial charge in [-0.1, -0.05) is 48.5 Å². The Bertz CT molecular complexity index is 631. The molecular weight excluding hydrogens is 310 g/mol. The fourth-order valence-corrected chi connectivity index (χ4v) is 3.09. The summed E-state index contributed by atoms with van der Waals surface area (Å²) >= 11 is 1.49. The molecule has 4 nitrogen and oxygen atoms in total. The van der Waals surface area contributed by atoms with E-state index in [9.17, 15) is 9.59 Å². The van der Waals surface area contributed by atoms with Gasteiger partial charge in [0.25, 0.3) is 0 Å². The summed E-state index contributed by atoms with van der Waals surface area (Å²) in [6.45, 7) is 0.268. The van der Waals surface area contributed by atoms with Gasteiger partial charge in [-0.3, -0.25) is 9.59 Å². The summed E-state index contributed by atoms with van der Waals surface area (Å²) in [5.74, 6) is -0.453. The second-order valence-corrected chi connectivity index (χ2v) is 6.02. The summed E-state index contributed by atoms with van der Waals surface area (Å²) in [4.78, 5) is 24.7. The highest BCUT2D eigenvalue weighted by molar-refractivity contribution is 8.00. The molecule has 0 heterocycles. The zero-order valence-corrected chi connectivity index (χ0v) is 13.7. The number of carbonyl (C=O) groups is 2. The number of nitrogens with one attached hydrogen (secondary N) is 1. The van der Waals surface area contributed by atoms with Gasteiger partial charge in [0, 0.05) is 11.4 Å². The van der Waals surface area contributed by atoms with Crippen LogP contribution in [0.1, 0.15) is 17.2 Å². The molecule has 120 valence electrons. The highest BCUT2D eigenvalue weighted by Gasteiger charge is 2.21. The van der Waals surface area contributed by atoms with Gasteiger partial charge in [-0.2, -0.15) is 0 Å². The average Bonchev–Trinajstić information content (AvgIpc) is 2.61. The van der Waals surface area contributed by atoms with Gasteiger partial charge in [0.05, 0.1) is 13.5 Å². The Kier molecular flexibility index (Phi) is 6.69. The number of esters is 1. The van der Waals surface area contributed by atoms with Crippen molar-refractivity contribution in [3.05, 3.63) is 66.2 Å². The van der Waals surface area contributed by atoms with Crippen molar-refractivity contribution >= 4 is 23.6 Å². The molecule has 0 aliphatic carbocycles. The van der Waals surface area contributed by atoms with Gasteiger partial charge in [0.1, 0.15) is 5.25 Å². The van der Waals surface area contributed by atoms with Gasteiger partial charge >= 0.3 is 5.97 Å². The van der Waals surface area contributed by atoms with E-state index in [1.54, 1.807) is 0 Å². The summed E-state index contributed by atoms with van der Waals surface area (Å²) in [5.41, 5.74) is 0.928. The second kappa shape index (κ2) is 9.00. The van der Waals surface area contributed by atoms with Crippen molar-refractivity contribution in [2.75, 3.05) is 13.7 Å². The first-order chi connectivity index (χ1) is 11.2. The van der Waals surface area contributed by atoms with Gasteiger partial charge in [-0.05, 0) is 17.7 Å². The quantitative estimate of drug-likeness (QED) is 0.626. The van der Waals surface area contributed by atoms with Crippen LogP contribution in [0.2, 0.25) is 0 Å². The lowest BCUT2D eigenvalue weighted by molar-refractivity contribution is -0.140. The minimum absolute atomic E-state index is 0.117. The fraction of sp³-hybridized carbons (Fsp3) is 0.222. The van der Waals surface area contributed by atoms with Crippen molar-refractivity contribution in [3.63, 3.8) is 0 Å². The summed E-state index contributed by atoms with van der Waals surface area (Å²) in [5, 5.41) is 2.44. The van der Waals surface area contributed by atoms with Crippen LogP contribution in [0, 0.1) is 0 Å². The normalized spacial score (nSPS) is 11.5. The lowest BCUT2D eigenvalue weighted by Gasteiger charge is -2.17. The molecule has 0 fully saturated rings. The van der Waals surface area contributed by atoms with E-state index in [0.717, 1.165) is 10.5 Å². The van der Waals surface area contributed by atoms with Gasteiger partial charge in [-0.25, -0.2) is 0 Å². The Labute approximate surface area is 140 Å². The third-order valence-corrected chi connectivity index (χ3v) is 4.46. The highest BCUT2D eigenvalue weighted by atomic mass is 32.2. The topological polar surface area (TPSA) is 55.4 Å². The van der Waals surface area contributed by atoms with Crippen molar-refractivity contribution in [1.29, 1.82) is 0 Å². The number of carbonyl (C=O) groups excluding carboxylic acids is 2. The molecule has 0 saturated heterocycles. The standard InChI is InChI=1S/C18H19NO3S/c1-22-16(20)12-13-19-18(21)17(14-8-4-2-5-9-14)23-15-10-6-3-7-11-15/h2-11,17H,12-13H2,1H3,(H,19,21). The van der Waals surface area contributed by atoms with E-state index in [4.69, 9.17) is 0 Å². The molecule has 1 amide bonds. The maximum atomic E-state index is 12.5. The zero-order valence-electron chi connectivity index (χ0n) is 12.9. The van der Waals surface area contributed by atoms with Crippen LogP contribution in [0.3, 0.4) is 0 Å². The molecule has 0 spiro atoms. The predicted molar refractivity (Wildman–Crippen MR) is 91.1 cm³/mol. The van der Waals surface area contributed by atoms with Crippen molar-refractivity contribution in [1.82, 2.24) is 5.32 Å². The fourth-order valence-electron chi connectivity index (χ4n) is 2.02. The maximum Gasteiger partial charge on any atom is 0.307 e. The van der Waals surface area contributed by atoms with E-state index in [2.05, 4.69) is 10.1 Å². The van der Waals surface area contributed by atoms with Gasteiger partial charge in [0.2, 0.25) is 5.91 Å². The average molecular weight is 329 g/mol. The van der Waals surface area contributed by atoms with E-state index >= 15 is 0 Å². The molecule has 0 saturated carbocycles. The lowest BCUT2D eigenvalue weighted by Crippen LogP contribution is -2.30. The minimum atomic E-state index is -0.365. The molecule has 0 radical (unpaired) electrons. The number of hydrogen-bond acceptors (Lipinski definition) is 4. The van der Waals surface area contributed by atoms with Crippen LogP contribution in [0.5, 0.6) is 0 Å². The number of hydrogen-bond donors (Lipinski definition) is 1. The first-order valence-corrected chi connectivity index (χ1v) is 8.20. The number of methoxy groups -OCH3 is 1. The molecule has 5 heteroatoms. The Balaban J connectivity index is 2.07. The zero-order chi connectivity index (χ0) is 16.5. The Morgan fingerprint density at radius 2 is 1.65 bits per heavy atom. The van der Waals surface area contributed by atoms with E-state index in [1.165, 1.54) is 18.9 Å². The monoisotopic (exact) mass is 329 g/mol. The van der Waals surface area contributed by atoms with Crippen molar-refractivity contribution in [2.45, 2.75) is 16.6 Å². The summed E-state index contributed by atoms with van der Waals surface area (Å²) in [7, 11) is 1.34. The van der Waals surface area contributed by atoms with Crippen LogP contribution in [0.4, 0.5) is 0 Å².